The highest BCUT2D eigenvalue weighted by atomic mass is 35.5. The van der Waals surface area contributed by atoms with Crippen molar-refractivity contribution < 1.29 is 4.79 Å². The summed E-state index contributed by atoms with van der Waals surface area (Å²) in [5, 5.41) is 3.40. The maximum absolute atomic E-state index is 11.1. The molecule has 0 aliphatic carbocycles. The Hall–Kier alpha value is -2.05. The summed E-state index contributed by atoms with van der Waals surface area (Å²) in [6, 6.07) is 4.05. The summed E-state index contributed by atoms with van der Waals surface area (Å²) in [6.45, 7) is 3.67. The molecule has 3 heterocycles. The second-order valence-electron chi connectivity index (χ2n) is 5.94. The summed E-state index contributed by atoms with van der Waals surface area (Å²) < 4.78 is 0. The van der Waals surface area contributed by atoms with Crippen molar-refractivity contribution in [2.24, 2.45) is 0 Å². The first-order chi connectivity index (χ1) is 11.6. The van der Waals surface area contributed by atoms with Gasteiger partial charge in [0.2, 0.25) is 5.91 Å². The van der Waals surface area contributed by atoms with Gasteiger partial charge in [-0.3, -0.25) is 24.6 Å². The van der Waals surface area contributed by atoms with Gasteiger partial charge in [0, 0.05) is 19.7 Å². The number of carbonyl (C=O) groups excluding carboxylic acids is 1. The van der Waals surface area contributed by atoms with E-state index in [-0.39, 0.29) is 11.9 Å². The fourth-order valence-corrected chi connectivity index (χ4v) is 3.05. The van der Waals surface area contributed by atoms with Crippen LogP contribution in [0.2, 0.25) is 5.02 Å². The number of likely N-dealkylation sites (tertiary alicyclic amines) is 1. The van der Waals surface area contributed by atoms with Crippen molar-refractivity contribution in [2.75, 3.05) is 6.54 Å². The number of hydrogen-bond acceptors (Lipinski definition) is 5. The quantitative estimate of drug-likeness (QED) is 0.901. The van der Waals surface area contributed by atoms with Crippen molar-refractivity contribution >= 4 is 17.5 Å². The van der Waals surface area contributed by atoms with Crippen molar-refractivity contribution in [3.63, 3.8) is 0 Å². The van der Waals surface area contributed by atoms with Crippen LogP contribution in [-0.2, 0) is 17.9 Å². The Kier molecular flexibility index (Phi) is 5.37. The van der Waals surface area contributed by atoms with Crippen molar-refractivity contribution in [2.45, 2.75) is 38.9 Å². The molecule has 6 nitrogen and oxygen atoms in total. The first-order valence-electron chi connectivity index (χ1n) is 8.01. The van der Waals surface area contributed by atoms with Crippen molar-refractivity contribution in [3.05, 3.63) is 52.8 Å². The van der Waals surface area contributed by atoms with Gasteiger partial charge in [-0.05, 0) is 31.5 Å². The van der Waals surface area contributed by atoms with E-state index in [1.807, 2.05) is 18.3 Å². The van der Waals surface area contributed by atoms with Gasteiger partial charge in [-0.1, -0.05) is 11.6 Å². The fourth-order valence-electron chi connectivity index (χ4n) is 2.94. The van der Waals surface area contributed by atoms with Crippen LogP contribution >= 0.6 is 11.6 Å². The Bertz CT molecular complexity index is 706. The van der Waals surface area contributed by atoms with Gasteiger partial charge in [-0.2, -0.15) is 0 Å². The summed E-state index contributed by atoms with van der Waals surface area (Å²) in [5.74, 6) is -0.0708. The maximum Gasteiger partial charge on any atom is 0.217 e. The molecule has 1 saturated heterocycles. The molecule has 1 unspecified atom stereocenters. The number of halogens is 1. The average Bonchev–Trinajstić information content (AvgIpc) is 3.03. The van der Waals surface area contributed by atoms with Crippen LogP contribution in [-0.4, -0.2) is 32.3 Å². The van der Waals surface area contributed by atoms with Gasteiger partial charge in [0.15, 0.2) is 0 Å². The number of nitrogens with zero attached hydrogens (tertiary/aromatic N) is 4. The Morgan fingerprint density at radius 2 is 2.21 bits per heavy atom. The van der Waals surface area contributed by atoms with E-state index in [0.717, 1.165) is 43.0 Å². The molecule has 2 aromatic heterocycles. The molecule has 0 spiro atoms. The Labute approximate surface area is 146 Å². The monoisotopic (exact) mass is 345 g/mol. The maximum atomic E-state index is 11.1. The van der Waals surface area contributed by atoms with Crippen LogP contribution in [0.4, 0.5) is 0 Å². The van der Waals surface area contributed by atoms with Gasteiger partial charge < -0.3 is 5.32 Å². The van der Waals surface area contributed by atoms with Crippen molar-refractivity contribution in [3.8, 4) is 0 Å². The number of rotatable bonds is 5. The minimum Gasteiger partial charge on any atom is -0.351 e. The zero-order chi connectivity index (χ0) is 16.9. The number of hydrogen-bond donors (Lipinski definition) is 1. The molecular weight excluding hydrogens is 326 g/mol. The highest BCUT2D eigenvalue weighted by Gasteiger charge is 2.27. The third kappa shape index (κ3) is 4.27. The molecule has 2 aromatic rings. The molecule has 0 aromatic carbocycles. The number of nitrogens with one attached hydrogen (secondary N) is 1. The van der Waals surface area contributed by atoms with E-state index in [4.69, 9.17) is 11.6 Å². The van der Waals surface area contributed by atoms with Crippen LogP contribution in [0.25, 0.3) is 0 Å². The largest absolute Gasteiger partial charge is 0.351 e. The predicted molar refractivity (Wildman–Crippen MR) is 91.2 cm³/mol. The summed E-state index contributed by atoms with van der Waals surface area (Å²) >= 11 is 5.90. The van der Waals surface area contributed by atoms with Gasteiger partial charge in [-0.25, -0.2) is 0 Å². The second kappa shape index (κ2) is 7.68. The minimum atomic E-state index is -0.0708. The Morgan fingerprint density at radius 3 is 2.96 bits per heavy atom. The van der Waals surface area contributed by atoms with Gasteiger partial charge in [0.05, 0.1) is 47.1 Å². The summed E-state index contributed by atoms with van der Waals surface area (Å²) in [7, 11) is 0. The Morgan fingerprint density at radius 1 is 1.33 bits per heavy atom. The van der Waals surface area contributed by atoms with E-state index in [9.17, 15) is 4.79 Å². The lowest BCUT2D eigenvalue weighted by Gasteiger charge is -2.23. The van der Waals surface area contributed by atoms with E-state index in [0.29, 0.717) is 11.6 Å². The molecular formula is C17H20ClN5O. The van der Waals surface area contributed by atoms with E-state index in [2.05, 4.69) is 25.2 Å². The van der Waals surface area contributed by atoms with Crippen LogP contribution in [0.3, 0.4) is 0 Å². The van der Waals surface area contributed by atoms with Crippen LogP contribution in [0.15, 0.2) is 30.7 Å². The lowest BCUT2D eigenvalue weighted by atomic mass is 10.1. The molecule has 7 heteroatoms. The molecule has 1 fully saturated rings. The van der Waals surface area contributed by atoms with Gasteiger partial charge >= 0.3 is 0 Å². The van der Waals surface area contributed by atoms with Gasteiger partial charge in [0.1, 0.15) is 0 Å². The zero-order valence-corrected chi connectivity index (χ0v) is 14.3. The van der Waals surface area contributed by atoms with Crippen LogP contribution in [0.5, 0.6) is 0 Å². The van der Waals surface area contributed by atoms with Crippen molar-refractivity contribution in [1.29, 1.82) is 0 Å². The van der Waals surface area contributed by atoms with Crippen molar-refractivity contribution in [1.82, 2.24) is 25.2 Å². The standard InChI is InChI=1S/C17H20ClN5O/c1-12(24)20-9-15-8-19-10-16(22-15)17-3-2-6-23(17)11-14-5-4-13(18)7-21-14/h4-5,7-8,10,17H,2-3,6,9,11H2,1H3,(H,20,24). The number of aromatic nitrogens is 3. The average molecular weight is 346 g/mol. The van der Waals surface area contributed by atoms with Crippen LogP contribution in [0, 0.1) is 0 Å². The van der Waals surface area contributed by atoms with E-state index in [1.54, 1.807) is 12.4 Å². The minimum absolute atomic E-state index is 0.0708. The Balaban J connectivity index is 1.71. The van der Waals surface area contributed by atoms with E-state index in [1.165, 1.54) is 6.92 Å². The van der Waals surface area contributed by atoms with E-state index < -0.39 is 0 Å². The fraction of sp³-hybridized carbons (Fsp3) is 0.412. The van der Waals surface area contributed by atoms with Crippen LogP contribution < -0.4 is 5.32 Å². The van der Waals surface area contributed by atoms with Gasteiger partial charge in [-0.15, -0.1) is 0 Å². The van der Waals surface area contributed by atoms with Crippen LogP contribution in [0.1, 0.15) is 42.9 Å². The first kappa shape index (κ1) is 16.8. The molecule has 1 N–H and O–H groups in total. The summed E-state index contributed by atoms with van der Waals surface area (Å²) in [6.07, 6.45) is 7.35. The van der Waals surface area contributed by atoms with Gasteiger partial charge in [0.25, 0.3) is 0 Å². The van der Waals surface area contributed by atoms with E-state index >= 15 is 0 Å². The SMILES string of the molecule is CC(=O)NCc1cncc(C2CCCN2Cc2ccc(Cl)cn2)n1. The highest BCUT2D eigenvalue weighted by Crippen LogP contribution is 2.31. The normalized spacial score (nSPS) is 17.8. The molecule has 0 radical (unpaired) electrons. The number of pyridine rings is 1. The first-order valence-corrected chi connectivity index (χ1v) is 8.39. The lowest BCUT2D eigenvalue weighted by Crippen LogP contribution is -2.25. The predicted octanol–water partition coefficient (Wildman–Crippen LogP) is 2.50. The smallest absolute Gasteiger partial charge is 0.217 e. The second-order valence-corrected chi connectivity index (χ2v) is 6.38. The molecule has 126 valence electrons. The molecule has 1 atom stereocenters. The number of carbonyl (C=O) groups is 1. The number of amides is 1. The molecule has 1 aliphatic heterocycles. The summed E-state index contributed by atoms with van der Waals surface area (Å²) in [5.41, 5.74) is 2.72. The summed E-state index contributed by atoms with van der Waals surface area (Å²) in [4.78, 5) is 26.8. The molecule has 1 aliphatic rings. The highest BCUT2D eigenvalue weighted by molar-refractivity contribution is 6.30. The topological polar surface area (TPSA) is 71.0 Å². The third-order valence-corrected chi connectivity index (χ3v) is 4.30. The molecule has 0 bridgehead atoms. The lowest BCUT2D eigenvalue weighted by molar-refractivity contribution is -0.119. The molecule has 1 amide bonds. The third-order valence-electron chi connectivity index (χ3n) is 4.08. The molecule has 24 heavy (non-hydrogen) atoms. The molecule has 3 rings (SSSR count). The molecule has 0 saturated carbocycles. The zero-order valence-electron chi connectivity index (χ0n) is 13.6.